The van der Waals surface area contributed by atoms with Gasteiger partial charge in [0.05, 0.1) is 0 Å². The lowest BCUT2D eigenvalue weighted by molar-refractivity contribution is -0.146. The smallest absolute Gasteiger partial charge is 0.328 e. The number of aryl methyl sites for hydroxylation is 1. The van der Waals surface area contributed by atoms with Crippen molar-refractivity contribution in [1.82, 2.24) is 5.32 Å². The Morgan fingerprint density at radius 1 is 1.33 bits per heavy atom. The van der Waals surface area contributed by atoms with Crippen molar-refractivity contribution in [3.63, 3.8) is 0 Å². The van der Waals surface area contributed by atoms with Gasteiger partial charge in [-0.15, -0.1) is 0 Å². The molecule has 4 nitrogen and oxygen atoms in total. The van der Waals surface area contributed by atoms with E-state index in [0.29, 0.717) is 11.4 Å². The number of carboxylic acid groups (broad SMARTS) is 1. The summed E-state index contributed by atoms with van der Waals surface area (Å²) in [4.78, 5) is 22.5. The fraction of sp³-hybridized carbons (Fsp3) is 0.385. The summed E-state index contributed by atoms with van der Waals surface area (Å²) in [5, 5.41) is 12.0. The highest BCUT2D eigenvalue weighted by atomic mass is 35.5. The summed E-state index contributed by atoms with van der Waals surface area (Å²) in [5.74, 6) is -1.36. The summed E-state index contributed by atoms with van der Waals surface area (Å²) in [6.07, 6.45) is 0.696. The third kappa shape index (κ3) is 4.04. The second kappa shape index (κ2) is 5.87. The van der Waals surface area contributed by atoms with E-state index >= 15 is 0 Å². The van der Waals surface area contributed by atoms with Crippen LogP contribution in [0.2, 0.25) is 5.02 Å². The minimum absolute atomic E-state index is 0.209. The third-order valence-corrected chi connectivity index (χ3v) is 2.93. The maximum absolute atomic E-state index is 11.6. The van der Waals surface area contributed by atoms with Gasteiger partial charge in [-0.1, -0.05) is 29.8 Å². The van der Waals surface area contributed by atoms with Crippen LogP contribution < -0.4 is 5.32 Å². The van der Waals surface area contributed by atoms with Crippen LogP contribution >= 0.6 is 11.6 Å². The van der Waals surface area contributed by atoms with Crippen molar-refractivity contribution < 1.29 is 14.7 Å². The number of carbonyl (C=O) groups is 2. The van der Waals surface area contributed by atoms with E-state index in [4.69, 9.17) is 16.7 Å². The van der Waals surface area contributed by atoms with Crippen molar-refractivity contribution in [3.05, 3.63) is 34.9 Å². The molecule has 2 N–H and O–H groups in total. The topological polar surface area (TPSA) is 66.4 Å². The van der Waals surface area contributed by atoms with Crippen LogP contribution in [0.1, 0.15) is 25.8 Å². The molecule has 0 spiro atoms. The molecule has 0 bridgehead atoms. The van der Waals surface area contributed by atoms with Crippen molar-refractivity contribution in [1.29, 1.82) is 0 Å². The fourth-order valence-electron chi connectivity index (χ4n) is 1.41. The third-order valence-electron chi connectivity index (χ3n) is 2.57. The normalized spacial score (nSPS) is 11.1. The fourth-order valence-corrected chi connectivity index (χ4v) is 1.64. The van der Waals surface area contributed by atoms with Crippen molar-refractivity contribution in [2.45, 2.75) is 32.2 Å². The molecule has 18 heavy (non-hydrogen) atoms. The zero-order valence-electron chi connectivity index (χ0n) is 10.4. The number of benzene rings is 1. The van der Waals surface area contributed by atoms with Gasteiger partial charge in [0.2, 0.25) is 5.91 Å². The monoisotopic (exact) mass is 269 g/mol. The van der Waals surface area contributed by atoms with Crippen LogP contribution in [0.5, 0.6) is 0 Å². The van der Waals surface area contributed by atoms with Crippen LogP contribution in [0.3, 0.4) is 0 Å². The summed E-state index contributed by atoms with van der Waals surface area (Å²) in [7, 11) is 0. The van der Waals surface area contributed by atoms with Crippen LogP contribution in [-0.4, -0.2) is 22.5 Å². The van der Waals surface area contributed by atoms with Gasteiger partial charge >= 0.3 is 5.97 Å². The molecule has 1 rings (SSSR count). The predicted octanol–water partition coefficient (Wildman–Crippen LogP) is 2.25. The summed E-state index contributed by atoms with van der Waals surface area (Å²) < 4.78 is 0. The second-order valence-corrected chi connectivity index (χ2v) is 4.98. The number of hydrogen-bond donors (Lipinski definition) is 2. The van der Waals surface area contributed by atoms with E-state index in [2.05, 4.69) is 5.32 Å². The van der Waals surface area contributed by atoms with E-state index in [1.807, 2.05) is 18.2 Å². The maximum Gasteiger partial charge on any atom is 0.328 e. The van der Waals surface area contributed by atoms with Crippen molar-refractivity contribution in [2.75, 3.05) is 0 Å². The van der Waals surface area contributed by atoms with Gasteiger partial charge in [0.25, 0.3) is 0 Å². The van der Waals surface area contributed by atoms with Crippen LogP contribution in [0.25, 0.3) is 0 Å². The standard InChI is InChI=1S/C13H16ClNO3/c1-13(2,12(17)18)15-11(16)8-7-9-5-3-4-6-10(9)14/h3-6H,7-8H2,1-2H3,(H,15,16)(H,17,18). The molecular weight excluding hydrogens is 254 g/mol. The van der Waals surface area contributed by atoms with Gasteiger partial charge in [0.1, 0.15) is 5.54 Å². The van der Waals surface area contributed by atoms with E-state index in [-0.39, 0.29) is 12.3 Å². The number of halogens is 1. The zero-order chi connectivity index (χ0) is 13.8. The molecule has 0 heterocycles. The largest absolute Gasteiger partial charge is 0.480 e. The Morgan fingerprint density at radius 3 is 2.50 bits per heavy atom. The molecule has 0 saturated heterocycles. The molecule has 5 heteroatoms. The lowest BCUT2D eigenvalue weighted by Gasteiger charge is -2.20. The first-order valence-corrected chi connectivity index (χ1v) is 5.98. The molecule has 0 fully saturated rings. The minimum Gasteiger partial charge on any atom is -0.480 e. The second-order valence-electron chi connectivity index (χ2n) is 4.57. The van der Waals surface area contributed by atoms with E-state index in [0.717, 1.165) is 5.56 Å². The summed E-state index contributed by atoms with van der Waals surface area (Å²) in [6.45, 7) is 2.89. The van der Waals surface area contributed by atoms with E-state index in [1.54, 1.807) is 6.07 Å². The van der Waals surface area contributed by atoms with Crippen molar-refractivity contribution in [3.8, 4) is 0 Å². The molecule has 0 aliphatic carbocycles. The van der Waals surface area contributed by atoms with Gasteiger partial charge in [-0.2, -0.15) is 0 Å². The Labute approximate surface area is 111 Å². The summed E-state index contributed by atoms with van der Waals surface area (Å²) in [6, 6.07) is 7.27. The minimum atomic E-state index is -1.25. The first kappa shape index (κ1) is 14.5. The molecule has 0 radical (unpaired) electrons. The first-order valence-electron chi connectivity index (χ1n) is 5.61. The molecule has 98 valence electrons. The number of aliphatic carboxylic acids is 1. The van der Waals surface area contributed by atoms with Crippen LogP contribution in [0.4, 0.5) is 0 Å². The molecule has 1 aromatic rings. The molecule has 0 aromatic heterocycles. The van der Waals surface area contributed by atoms with Crippen molar-refractivity contribution >= 4 is 23.5 Å². The molecule has 0 unspecified atom stereocenters. The Balaban J connectivity index is 2.53. The molecule has 0 atom stereocenters. The Morgan fingerprint density at radius 2 is 1.94 bits per heavy atom. The van der Waals surface area contributed by atoms with Gasteiger partial charge < -0.3 is 10.4 Å². The number of amides is 1. The maximum atomic E-state index is 11.6. The van der Waals surface area contributed by atoms with Crippen LogP contribution in [-0.2, 0) is 16.0 Å². The van der Waals surface area contributed by atoms with Crippen LogP contribution in [0, 0.1) is 0 Å². The first-order chi connectivity index (χ1) is 8.33. The summed E-state index contributed by atoms with van der Waals surface area (Å²) >= 11 is 5.97. The molecule has 1 amide bonds. The highest BCUT2D eigenvalue weighted by molar-refractivity contribution is 6.31. The average Bonchev–Trinajstić information content (AvgIpc) is 2.27. The Kier molecular flexibility index (Phi) is 4.73. The van der Waals surface area contributed by atoms with Gasteiger partial charge in [-0.05, 0) is 31.9 Å². The summed E-state index contributed by atoms with van der Waals surface area (Å²) in [5.41, 5.74) is -0.375. The van der Waals surface area contributed by atoms with Crippen molar-refractivity contribution in [2.24, 2.45) is 0 Å². The molecule has 0 aliphatic rings. The van der Waals surface area contributed by atoms with Gasteiger partial charge in [-0.3, -0.25) is 4.79 Å². The predicted molar refractivity (Wildman–Crippen MR) is 69.6 cm³/mol. The lowest BCUT2D eigenvalue weighted by Crippen LogP contribution is -2.49. The quantitative estimate of drug-likeness (QED) is 0.862. The number of carbonyl (C=O) groups excluding carboxylic acids is 1. The molecule has 0 saturated carbocycles. The lowest BCUT2D eigenvalue weighted by atomic mass is 10.0. The highest BCUT2D eigenvalue weighted by Gasteiger charge is 2.28. The zero-order valence-corrected chi connectivity index (χ0v) is 11.1. The number of rotatable bonds is 5. The van der Waals surface area contributed by atoms with E-state index < -0.39 is 11.5 Å². The average molecular weight is 270 g/mol. The van der Waals surface area contributed by atoms with Crippen LogP contribution in [0.15, 0.2) is 24.3 Å². The van der Waals surface area contributed by atoms with Gasteiger partial charge in [0, 0.05) is 11.4 Å². The molecule has 0 aliphatic heterocycles. The Bertz CT molecular complexity index is 457. The van der Waals surface area contributed by atoms with E-state index in [1.165, 1.54) is 13.8 Å². The van der Waals surface area contributed by atoms with Gasteiger partial charge in [0.15, 0.2) is 0 Å². The number of hydrogen-bond acceptors (Lipinski definition) is 2. The van der Waals surface area contributed by atoms with Gasteiger partial charge in [-0.25, -0.2) is 4.79 Å². The van der Waals surface area contributed by atoms with E-state index in [9.17, 15) is 9.59 Å². The number of carboxylic acids is 1. The highest BCUT2D eigenvalue weighted by Crippen LogP contribution is 2.16. The Hall–Kier alpha value is -1.55. The molecular formula is C13H16ClNO3. The molecule has 1 aromatic carbocycles. The SMILES string of the molecule is CC(C)(NC(=O)CCc1ccccc1Cl)C(=O)O. The number of nitrogens with one attached hydrogen (secondary N) is 1.